The van der Waals surface area contributed by atoms with Crippen LogP contribution in [0.1, 0.15) is 16.8 Å². The summed E-state index contributed by atoms with van der Waals surface area (Å²) in [5.41, 5.74) is 1.78. The van der Waals surface area contributed by atoms with Crippen molar-refractivity contribution < 1.29 is 9.53 Å². The van der Waals surface area contributed by atoms with Crippen LogP contribution in [0.5, 0.6) is 0 Å². The first-order chi connectivity index (χ1) is 9.22. The summed E-state index contributed by atoms with van der Waals surface area (Å²) in [5.74, 6) is 0.150. The molecule has 0 aliphatic rings. The molecule has 0 aliphatic carbocycles. The molecule has 0 amide bonds. The van der Waals surface area contributed by atoms with Crippen LogP contribution in [0.3, 0.4) is 0 Å². The molecule has 1 heterocycles. The van der Waals surface area contributed by atoms with Crippen LogP contribution in [0, 0.1) is 0 Å². The zero-order valence-corrected chi connectivity index (χ0v) is 11.5. The highest BCUT2D eigenvalue weighted by molar-refractivity contribution is 6.08. The number of carbonyl (C=O) groups excluding carboxylic acids is 1. The second-order valence-electron chi connectivity index (χ2n) is 4.76. The van der Waals surface area contributed by atoms with Gasteiger partial charge >= 0.3 is 0 Å². The summed E-state index contributed by atoms with van der Waals surface area (Å²) < 4.78 is 5.01. The Bertz CT molecular complexity index is 548. The highest BCUT2D eigenvalue weighted by Gasteiger charge is 2.13. The van der Waals surface area contributed by atoms with Crippen LogP contribution in [0.15, 0.2) is 30.5 Å². The van der Waals surface area contributed by atoms with Crippen molar-refractivity contribution in [1.29, 1.82) is 0 Å². The molecule has 0 aliphatic heterocycles. The molecular weight excluding hydrogens is 240 g/mol. The highest BCUT2D eigenvalue weighted by atomic mass is 16.5. The van der Waals surface area contributed by atoms with E-state index in [4.69, 9.17) is 4.74 Å². The fraction of sp³-hybridized carbons (Fsp3) is 0.400. The minimum absolute atomic E-state index is 0.150. The van der Waals surface area contributed by atoms with Crippen molar-refractivity contribution in [3.05, 3.63) is 36.0 Å². The Hall–Kier alpha value is -1.65. The molecule has 1 aromatic heterocycles. The molecule has 0 saturated carbocycles. The molecule has 0 saturated heterocycles. The third-order valence-electron chi connectivity index (χ3n) is 3.19. The van der Waals surface area contributed by atoms with Gasteiger partial charge in [-0.25, -0.2) is 0 Å². The number of carbonyl (C=O) groups is 1. The Morgan fingerprint density at radius 3 is 2.95 bits per heavy atom. The molecule has 102 valence electrons. The predicted molar refractivity (Wildman–Crippen MR) is 76.6 cm³/mol. The normalized spacial score (nSPS) is 11.3. The van der Waals surface area contributed by atoms with Crippen molar-refractivity contribution in [2.45, 2.75) is 6.42 Å². The molecule has 0 unspecified atom stereocenters. The Morgan fingerprint density at radius 2 is 2.16 bits per heavy atom. The van der Waals surface area contributed by atoms with E-state index in [0.717, 1.165) is 36.0 Å². The van der Waals surface area contributed by atoms with Gasteiger partial charge in [-0.3, -0.25) is 9.69 Å². The average Bonchev–Trinajstić information content (AvgIpc) is 2.83. The number of ketones is 1. The number of ether oxygens (including phenoxy) is 1. The maximum Gasteiger partial charge on any atom is 0.178 e. The first-order valence-corrected chi connectivity index (χ1v) is 6.49. The third kappa shape index (κ3) is 3.43. The van der Waals surface area contributed by atoms with Crippen LogP contribution in [0.4, 0.5) is 0 Å². The molecule has 0 fully saturated rings. The summed E-state index contributed by atoms with van der Waals surface area (Å²) >= 11 is 0. The fourth-order valence-corrected chi connectivity index (χ4v) is 2.19. The van der Waals surface area contributed by atoms with Gasteiger partial charge in [0.1, 0.15) is 0 Å². The average molecular weight is 260 g/mol. The predicted octanol–water partition coefficient (Wildman–Crippen LogP) is 2.32. The van der Waals surface area contributed by atoms with E-state index < -0.39 is 0 Å². The van der Waals surface area contributed by atoms with Crippen molar-refractivity contribution in [3.63, 3.8) is 0 Å². The quantitative estimate of drug-likeness (QED) is 0.614. The molecule has 0 spiro atoms. The first-order valence-electron chi connectivity index (χ1n) is 6.49. The number of hydrogen-bond donors (Lipinski definition) is 1. The van der Waals surface area contributed by atoms with Gasteiger partial charge < -0.3 is 9.72 Å². The first kappa shape index (κ1) is 13.8. The molecule has 0 bridgehead atoms. The summed E-state index contributed by atoms with van der Waals surface area (Å²) in [5, 5.41) is 0.998. The van der Waals surface area contributed by atoms with E-state index in [1.807, 2.05) is 36.2 Å². The number of methoxy groups -OCH3 is 1. The number of Topliss-reactive ketones (excluding diaryl/α,β-unsaturated/α-hetero) is 1. The number of fused-ring (bicyclic) bond motifs is 1. The minimum atomic E-state index is 0.150. The molecule has 0 atom stereocenters. The maximum atomic E-state index is 12.3. The lowest BCUT2D eigenvalue weighted by Gasteiger charge is -2.14. The minimum Gasteiger partial charge on any atom is -0.385 e. The second kappa shape index (κ2) is 6.50. The number of nitrogens with one attached hydrogen (secondary N) is 1. The Morgan fingerprint density at radius 1 is 1.37 bits per heavy atom. The van der Waals surface area contributed by atoms with Gasteiger partial charge in [-0.05, 0) is 19.5 Å². The lowest BCUT2D eigenvalue weighted by molar-refractivity contribution is 0.0940. The molecule has 0 radical (unpaired) electrons. The van der Waals surface area contributed by atoms with Crippen LogP contribution >= 0.6 is 0 Å². The summed E-state index contributed by atoms with van der Waals surface area (Å²) in [4.78, 5) is 17.4. The van der Waals surface area contributed by atoms with Gasteiger partial charge in [0, 0.05) is 42.9 Å². The fourth-order valence-electron chi connectivity index (χ4n) is 2.19. The lowest BCUT2D eigenvalue weighted by atomic mass is 10.1. The number of H-pyrrole nitrogens is 1. The van der Waals surface area contributed by atoms with Crippen molar-refractivity contribution in [1.82, 2.24) is 9.88 Å². The molecule has 19 heavy (non-hydrogen) atoms. The van der Waals surface area contributed by atoms with Crippen molar-refractivity contribution in [2.24, 2.45) is 0 Å². The van der Waals surface area contributed by atoms with E-state index in [2.05, 4.69) is 4.98 Å². The van der Waals surface area contributed by atoms with Gasteiger partial charge in [0.15, 0.2) is 5.78 Å². The largest absolute Gasteiger partial charge is 0.385 e. The van der Waals surface area contributed by atoms with Crippen molar-refractivity contribution in [2.75, 3.05) is 33.9 Å². The number of likely N-dealkylation sites (N-methyl/N-ethyl adjacent to an activating group) is 1. The van der Waals surface area contributed by atoms with Crippen LogP contribution < -0.4 is 0 Å². The number of rotatable bonds is 7. The Kier molecular flexibility index (Phi) is 4.71. The summed E-state index contributed by atoms with van der Waals surface area (Å²) in [6.07, 6.45) is 2.74. The van der Waals surface area contributed by atoms with Crippen LogP contribution in [-0.2, 0) is 4.74 Å². The van der Waals surface area contributed by atoms with E-state index in [0.29, 0.717) is 6.54 Å². The standard InChI is InChI=1S/C15H20N2O2/c1-17(8-5-9-19-2)11-15(18)13-10-16-14-7-4-3-6-12(13)14/h3-4,6-7,10,16H,5,8-9,11H2,1-2H3. The lowest BCUT2D eigenvalue weighted by Crippen LogP contribution is -2.27. The van der Waals surface area contributed by atoms with Gasteiger partial charge in [-0.15, -0.1) is 0 Å². The second-order valence-corrected chi connectivity index (χ2v) is 4.76. The molecule has 1 aromatic carbocycles. The van der Waals surface area contributed by atoms with Gasteiger partial charge in [0.25, 0.3) is 0 Å². The number of benzene rings is 1. The molecule has 4 heteroatoms. The summed E-state index contributed by atoms with van der Waals surface area (Å²) in [7, 11) is 3.65. The Balaban J connectivity index is 2.00. The zero-order valence-electron chi connectivity index (χ0n) is 11.5. The van der Waals surface area contributed by atoms with Gasteiger partial charge in [0.05, 0.1) is 6.54 Å². The van der Waals surface area contributed by atoms with E-state index in [-0.39, 0.29) is 5.78 Å². The van der Waals surface area contributed by atoms with Gasteiger partial charge in [0.2, 0.25) is 0 Å². The van der Waals surface area contributed by atoms with Crippen molar-refractivity contribution >= 4 is 16.7 Å². The number of para-hydroxylation sites is 1. The van der Waals surface area contributed by atoms with E-state index in [1.165, 1.54) is 0 Å². The number of aromatic amines is 1. The van der Waals surface area contributed by atoms with Gasteiger partial charge in [-0.2, -0.15) is 0 Å². The van der Waals surface area contributed by atoms with Crippen LogP contribution in [-0.4, -0.2) is 49.5 Å². The smallest absolute Gasteiger partial charge is 0.178 e. The summed E-state index contributed by atoms with van der Waals surface area (Å²) in [6, 6.07) is 7.87. The molecular formula is C15H20N2O2. The van der Waals surface area contributed by atoms with E-state index >= 15 is 0 Å². The van der Waals surface area contributed by atoms with Crippen LogP contribution in [0.2, 0.25) is 0 Å². The zero-order chi connectivity index (χ0) is 13.7. The Labute approximate surface area is 113 Å². The number of aromatic nitrogens is 1. The molecule has 2 aromatic rings. The monoisotopic (exact) mass is 260 g/mol. The van der Waals surface area contributed by atoms with E-state index in [9.17, 15) is 4.79 Å². The van der Waals surface area contributed by atoms with E-state index in [1.54, 1.807) is 13.3 Å². The highest BCUT2D eigenvalue weighted by Crippen LogP contribution is 2.18. The van der Waals surface area contributed by atoms with Gasteiger partial charge in [-0.1, -0.05) is 18.2 Å². The molecule has 1 N–H and O–H groups in total. The SMILES string of the molecule is COCCCN(C)CC(=O)c1c[nH]c2ccccc12. The third-order valence-corrected chi connectivity index (χ3v) is 3.19. The maximum absolute atomic E-state index is 12.3. The molecule has 4 nitrogen and oxygen atoms in total. The van der Waals surface area contributed by atoms with Crippen LogP contribution in [0.25, 0.3) is 10.9 Å². The number of hydrogen-bond acceptors (Lipinski definition) is 3. The molecule has 2 rings (SSSR count). The number of nitrogens with zero attached hydrogens (tertiary/aromatic N) is 1. The van der Waals surface area contributed by atoms with Crippen molar-refractivity contribution in [3.8, 4) is 0 Å². The topological polar surface area (TPSA) is 45.3 Å². The summed E-state index contributed by atoms with van der Waals surface area (Å²) in [6.45, 7) is 2.03.